The molecule has 1 aliphatic heterocycles. The number of nitrogens with zero attached hydrogens (tertiary/aromatic N) is 1. The maximum atomic E-state index is 12.5. The SMILES string of the molecule is CCNC(=NCc1ccc(C(F)(F)F)cc1)NCC1CCCO1.I. The van der Waals surface area contributed by atoms with Gasteiger partial charge in [-0.3, -0.25) is 0 Å². The minimum atomic E-state index is -4.31. The van der Waals surface area contributed by atoms with Gasteiger partial charge in [-0.2, -0.15) is 13.2 Å². The van der Waals surface area contributed by atoms with E-state index in [1.165, 1.54) is 12.1 Å². The second-order valence-electron chi connectivity index (χ2n) is 5.41. The van der Waals surface area contributed by atoms with E-state index in [0.29, 0.717) is 25.6 Å². The van der Waals surface area contributed by atoms with Crippen LogP contribution in [0.25, 0.3) is 0 Å². The van der Waals surface area contributed by atoms with Gasteiger partial charge in [0.25, 0.3) is 0 Å². The summed E-state index contributed by atoms with van der Waals surface area (Å²) in [6, 6.07) is 5.07. The van der Waals surface area contributed by atoms with Crippen molar-refractivity contribution in [1.29, 1.82) is 0 Å². The average molecular weight is 457 g/mol. The van der Waals surface area contributed by atoms with Crippen LogP contribution in [0, 0.1) is 0 Å². The van der Waals surface area contributed by atoms with E-state index in [2.05, 4.69) is 15.6 Å². The zero-order valence-corrected chi connectivity index (χ0v) is 15.9. The van der Waals surface area contributed by atoms with Crippen LogP contribution in [-0.2, 0) is 17.5 Å². The summed E-state index contributed by atoms with van der Waals surface area (Å²) in [7, 11) is 0. The van der Waals surface area contributed by atoms with Crippen LogP contribution < -0.4 is 10.6 Å². The summed E-state index contributed by atoms with van der Waals surface area (Å²) < 4.78 is 43.1. The van der Waals surface area contributed by atoms with Gasteiger partial charge in [0.1, 0.15) is 0 Å². The van der Waals surface area contributed by atoms with Crippen LogP contribution in [0.3, 0.4) is 0 Å². The summed E-state index contributed by atoms with van der Waals surface area (Å²) in [5.41, 5.74) is 0.0842. The number of halogens is 4. The topological polar surface area (TPSA) is 45.7 Å². The Morgan fingerprint density at radius 1 is 1.25 bits per heavy atom. The Balaban J connectivity index is 0.00000288. The molecule has 136 valence electrons. The van der Waals surface area contributed by atoms with Gasteiger partial charge in [0.15, 0.2) is 5.96 Å². The van der Waals surface area contributed by atoms with Gasteiger partial charge in [-0.25, -0.2) is 4.99 Å². The smallest absolute Gasteiger partial charge is 0.376 e. The lowest BCUT2D eigenvalue weighted by Crippen LogP contribution is -2.41. The third-order valence-electron chi connectivity index (χ3n) is 3.57. The fraction of sp³-hybridized carbons (Fsp3) is 0.562. The highest BCUT2D eigenvalue weighted by Crippen LogP contribution is 2.29. The van der Waals surface area contributed by atoms with Crippen molar-refractivity contribution in [3.05, 3.63) is 35.4 Å². The summed E-state index contributed by atoms with van der Waals surface area (Å²) in [6.07, 6.45) is -2.00. The summed E-state index contributed by atoms with van der Waals surface area (Å²) in [5.74, 6) is 0.642. The standard InChI is InChI=1S/C16H22F3N3O.HI/c1-2-20-15(22-11-14-4-3-9-23-14)21-10-12-5-7-13(8-6-12)16(17,18)19;/h5-8,14H,2-4,9-11H2,1H3,(H2,20,21,22);1H. The van der Waals surface area contributed by atoms with E-state index in [9.17, 15) is 13.2 Å². The molecule has 1 fully saturated rings. The van der Waals surface area contributed by atoms with Gasteiger partial charge < -0.3 is 15.4 Å². The van der Waals surface area contributed by atoms with Crippen molar-refractivity contribution in [2.24, 2.45) is 4.99 Å². The lowest BCUT2D eigenvalue weighted by molar-refractivity contribution is -0.137. The molecule has 1 unspecified atom stereocenters. The van der Waals surface area contributed by atoms with E-state index in [1.54, 1.807) is 0 Å². The fourth-order valence-electron chi connectivity index (χ4n) is 2.33. The number of nitrogens with one attached hydrogen (secondary N) is 2. The quantitative estimate of drug-likeness (QED) is 0.404. The minimum Gasteiger partial charge on any atom is -0.376 e. The molecule has 1 aliphatic rings. The molecule has 24 heavy (non-hydrogen) atoms. The first-order valence-electron chi connectivity index (χ1n) is 7.79. The van der Waals surface area contributed by atoms with E-state index >= 15 is 0 Å². The molecular weight excluding hydrogens is 434 g/mol. The van der Waals surface area contributed by atoms with E-state index in [-0.39, 0.29) is 30.1 Å². The van der Waals surface area contributed by atoms with Crippen molar-refractivity contribution >= 4 is 29.9 Å². The molecule has 0 radical (unpaired) electrons. The van der Waals surface area contributed by atoms with Gasteiger partial charge in [-0.15, -0.1) is 24.0 Å². The van der Waals surface area contributed by atoms with E-state index in [1.807, 2.05) is 6.92 Å². The molecule has 1 saturated heterocycles. The van der Waals surface area contributed by atoms with E-state index < -0.39 is 11.7 Å². The molecule has 1 aromatic rings. The first-order valence-corrected chi connectivity index (χ1v) is 7.79. The minimum absolute atomic E-state index is 0. The number of benzene rings is 1. The Morgan fingerprint density at radius 2 is 1.96 bits per heavy atom. The molecule has 0 amide bonds. The molecule has 4 nitrogen and oxygen atoms in total. The Bertz CT molecular complexity index is 514. The Labute approximate surface area is 157 Å². The highest BCUT2D eigenvalue weighted by Gasteiger charge is 2.29. The first-order chi connectivity index (χ1) is 11.0. The van der Waals surface area contributed by atoms with Crippen molar-refractivity contribution in [3.8, 4) is 0 Å². The lowest BCUT2D eigenvalue weighted by atomic mass is 10.1. The number of hydrogen-bond acceptors (Lipinski definition) is 2. The maximum Gasteiger partial charge on any atom is 0.416 e. The summed E-state index contributed by atoms with van der Waals surface area (Å²) in [6.45, 7) is 4.47. The van der Waals surface area contributed by atoms with Crippen LogP contribution in [0.15, 0.2) is 29.3 Å². The fourth-order valence-corrected chi connectivity index (χ4v) is 2.33. The van der Waals surface area contributed by atoms with Gasteiger partial charge in [0.2, 0.25) is 0 Å². The molecule has 0 bridgehead atoms. The normalized spacial score (nSPS) is 18.2. The molecule has 0 aliphatic carbocycles. The third kappa shape index (κ3) is 6.84. The van der Waals surface area contributed by atoms with Crippen LogP contribution in [0.1, 0.15) is 30.9 Å². The molecule has 0 aromatic heterocycles. The zero-order chi connectivity index (χ0) is 16.7. The third-order valence-corrected chi connectivity index (χ3v) is 3.57. The first kappa shape index (κ1) is 21.0. The largest absolute Gasteiger partial charge is 0.416 e. The van der Waals surface area contributed by atoms with Crippen molar-refractivity contribution in [3.63, 3.8) is 0 Å². The number of hydrogen-bond donors (Lipinski definition) is 2. The van der Waals surface area contributed by atoms with Crippen LogP contribution >= 0.6 is 24.0 Å². The van der Waals surface area contributed by atoms with Gasteiger partial charge in [-0.05, 0) is 37.5 Å². The van der Waals surface area contributed by atoms with Gasteiger partial charge >= 0.3 is 6.18 Å². The van der Waals surface area contributed by atoms with Crippen molar-refractivity contribution in [2.75, 3.05) is 19.7 Å². The van der Waals surface area contributed by atoms with Crippen molar-refractivity contribution in [2.45, 2.75) is 38.6 Å². The predicted molar refractivity (Wildman–Crippen MR) is 98.7 cm³/mol. The average Bonchev–Trinajstić information content (AvgIpc) is 3.03. The molecule has 2 N–H and O–H groups in total. The monoisotopic (exact) mass is 457 g/mol. The Hall–Kier alpha value is -1.03. The van der Waals surface area contributed by atoms with Crippen molar-refractivity contribution in [1.82, 2.24) is 10.6 Å². The second kappa shape index (κ2) is 10.1. The van der Waals surface area contributed by atoms with E-state index in [4.69, 9.17) is 4.74 Å². The molecule has 0 spiro atoms. The molecule has 1 aromatic carbocycles. The summed E-state index contributed by atoms with van der Waals surface area (Å²) >= 11 is 0. The van der Waals surface area contributed by atoms with Gasteiger partial charge in [-0.1, -0.05) is 12.1 Å². The van der Waals surface area contributed by atoms with Gasteiger partial charge in [0, 0.05) is 19.7 Å². The van der Waals surface area contributed by atoms with Crippen LogP contribution in [-0.4, -0.2) is 31.8 Å². The molecular formula is C16H23F3IN3O. The maximum absolute atomic E-state index is 12.5. The highest BCUT2D eigenvalue weighted by molar-refractivity contribution is 14.0. The molecule has 2 rings (SSSR count). The summed E-state index contributed by atoms with van der Waals surface area (Å²) in [5, 5.41) is 6.32. The lowest BCUT2D eigenvalue weighted by Gasteiger charge is -2.14. The Kier molecular flexibility index (Phi) is 8.82. The van der Waals surface area contributed by atoms with Crippen molar-refractivity contribution < 1.29 is 17.9 Å². The highest BCUT2D eigenvalue weighted by atomic mass is 127. The summed E-state index contributed by atoms with van der Waals surface area (Å²) in [4.78, 5) is 4.39. The molecule has 0 saturated carbocycles. The number of alkyl halides is 3. The van der Waals surface area contributed by atoms with Crippen LogP contribution in [0.5, 0.6) is 0 Å². The van der Waals surface area contributed by atoms with Gasteiger partial charge in [0.05, 0.1) is 18.2 Å². The number of guanidine groups is 1. The Morgan fingerprint density at radius 3 is 2.50 bits per heavy atom. The number of aliphatic imine (C=N–C) groups is 1. The molecule has 1 heterocycles. The zero-order valence-electron chi connectivity index (χ0n) is 13.5. The van der Waals surface area contributed by atoms with Crippen LogP contribution in [0.4, 0.5) is 13.2 Å². The molecule has 8 heteroatoms. The number of rotatable bonds is 5. The predicted octanol–water partition coefficient (Wildman–Crippen LogP) is 3.56. The second-order valence-corrected chi connectivity index (χ2v) is 5.41. The number of ether oxygens (including phenoxy) is 1. The van der Waals surface area contributed by atoms with E-state index in [0.717, 1.165) is 37.1 Å². The molecule has 1 atom stereocenters. The van der Waals surface area contributed by atoms with Crippen LogP contribution in [0.2, 0.25) is 0 Å².